The van der Waals surface area contributed by atoms with E-state index in [1.54, 1.807) is 48.5 Å². The summed E-state index contributed by atoms with van der Waals surface area (Å²) in [5.41, 5.74) is 7.33. The maximum Gasteiger partial charge on any atom is 0.458 e. The van der Waals surface area contributed by atoms with E-state index in [0.717, 1.165) is 5.56 Å². The summed E-state index contributed by atoms with van der Waals surface area (Å²) in [6.07, 6.45) is -5.72. The summed E-state index contributed by atoms with van der Waals surface area (Å²) >= 11 is 0. The van der Waals surface area contributed by atoms with Crippen LogP contribution in [0.5, 0.6) is 0 Å². The van der Waals surface area contributed by atoms with E-state index in [2.05, 4.69) is 14.7 Å². The van der Waals surface area contributed by atoms with Crippen molar-refractivity contribution in [3.05, 3.63) is 59.7 Å². The molecular formula is C17H16F3N3O3S. The Morgan fingerprint density at radius 2 is 1.81 bits per heavy atom. The van der Waals surface area contributed by atoms with Gasteiger partial charge in [0.15, 0.2) is 0 Å². The molecule has 144 valence electrons. The standard InChI is InChI=1S/C17H16F3N3O3S/c18-17(19,20)16(24)9-15(23-26-16)12-3-1-11(2-4-12)10-22-27(25)14-7-5-13(21)6-8-14/h1-8,22,24H,9-10,21H2. The summed E-state index contributed by atoms with van der Waals surface area (Å²) in [5, 5.41) is 12.8. The van der Waals surface area contributed by atoms with E-state index in [4.69, 9.17) is 5.73 Å². The van der Waals surface area contributed by atoms with Gasteiger partial charge in [-0.05, 0) is 35.4 Å². The molecule has 0 saturated carbocycles. The first-order valence-corrected chi connectivity index (χ1v) is 8.97. The minimum absolute atomic E-state index is 0.000199. The van der Waals surface area contributed by atoms with E-state index >= 15 is 0 Å². The van der Waals surface area contributed by atoms with Crippen molar-refractivity contribution < 1.29 is 27.3 Å². The molecule has 4 N–H and O–H groups in total. The van der Waals surface area contributed by atoms with Crippen molar-refractivity contribution in [2.45, 2.75) is 29.8 Å². The summed E-state index contributed by atoms with van der Waals surface area (Å²) in [6, 6.07) is 13.1. The lowest BCUT2D eigenvalue weighted by molar-refractivity contribution is -0.355. The van der Waals surface area contributed by atoms with Gasteiger partial charge in [-0.15, -0.1) is 0 Å². The predicted octanol–water partition coefficient (Wildman–Crippen LogP) is 2.46. The van der Waals surface area contributed by atoms with Gasteiger partial charge in [-0.1, -0.05) is 29.4 Å². The second-order valence-electron chi connectivity index (χ2n) is 5.94. The van der Waals surface area contributed by atoms with Crippen molar-refractivity contribution in [3.63, 3.8) is 0 Å². The fourth-order valence-electron chi connectivity index (χ4n) is 2.37. The Kier molecular flexibility index (Phi) is 5.22. The lowest BCUT2D eigenvalue weighted by Gasteiger charge is -2.22. The third-order valence-corrected chi connectivity index (χ3v) is 5.05. The number of hydrogen-bond donors (Lipinski definition) is 3. The van der Waals surface area contributed by atoms with E-state index in [1.807, 2.05) is 0 Å². The zero-order valence-corrected chi connectivity index (χ0v) is 14.7. The number of nitrogen functional groups attached to an aromatic ring is 1. The SMILES string of the molecule is Nc1ccc(S(=O)NCc2ccc(C3=NOC(O)(C(F)(F)F)C3)cc2)cc1. The number of alkyl halides is 3. The number of halogens is 3. The highest BCUT2D eigenvalue weighted by Gasteiger charge is 2.60. The summed E-state index contributed by atoms with van der Waals surface area (Å²) < 4.78 is 53.2. The molecule has 1 aliphatic rings. The fraction of sp³-hybridized carbons (Fsp3) is 0.235. The van der Waals surface area contributed by atoms with Gasteiger partial charge in [0.05, 0.1) is 17.0 Å². The van der Waals surface area contributed by atoms with Gasteiger partial charge < -0.3 is 15.7 Å². The van der Waals surface area contributed by atoms with E-state index in [1.165, 1.54) is 0 Å². The first-order chi connectivity index (χ1) is 12.7. The van der Waals surface area contributed by atoms with Gasteiger partial charge >= 0.3 is 12.0 Å². The first kappa shape index (κ1) is 19.3. The number of hydrogen-bond acceptors (Lipinski definition) is 5. The molecule has 2 unspecified atom stereocenters. The van der Waals surface area contributed by atoms with Crippen molar-refractivity contribution in [2.24, 2.45) is 5.16 Å². The molecule has 1 aliphatic heterocycles. The number of aliphatic hydroxyl groups is 1. The smallest absolute Gasteiger partial charge is 0.399 e. The monoisotopic (exact) mass is 399 g/mol. The number of nitrogens with one attached hydrogen (secondary N) is 1. The maximum absolute atomic E-state index is 12.7. The highest BCUT2D eigenvalue weighted by Crippen LogP contribution is 2.38. The Hall–Kier alpha value is -2.43. The van der Waals surface area contributed by atoms with Crippen LogP contribution in [0.25, 0.3) is 0 Å². The van der Waals surface area contributed by atoms with Gasteiger partial charge in [0, 0.05) is 12.2 Å². The molecule has 10 heteroatoms. The number of benzene rings is 2. The molecule has 3 rings (SSSR count). The highest BCUT2D eigenvalue weighted by atomic mass is 32.2. The van der Waals surface area contributed by atoms with Gasteiger partial charge in [0.1, 0.15) is 11.0 Å². The molecule has 0 aromatic heterocycles. The second kappa shape index (κ2) is 7.29. The highest BCUT2D eigenvalue weighted by molar-refractivity contribution is 7.83. The Morgan fingerprint density at radius 1 is 1.19 bits per heavy atom. The molecule has 0 saturated heterocycles. The van der Waals surface area contributed by atoms with Crippen LogP contribution in [0.3, 0.4) is 0 Å². The van der Waals surface area contributed by atoms with Crippen molar-refractivity contribution in [1.29, 1.82) is 0 Å². The van der Waals surface area contributed by atoms with Crippen LogP contribution in [-0.4, -0.2) is 27.0 Å². The van der Waals surface area contributed by atoms with E-state index in [9.17, 15) is 22.5 Å². The van der Waals surface area contributed by atoms with Crippen LogP contribution in [0.15, 0.2) is 58.6 Å². The van der Waals surface area contributed by atoms with Crippen LogP contribution in [0.4, 0.5) is 18.9 Å². The van der Waals surface area contributed by atoms with E-state index in [0.29, 0.717) is 16.1 Å². The zero-order chi connectivity index (χ0) is 19.7. The quantitative estimate of drug-likeness (QED) is 0.673. The van der Waals surface area contributed by atoms with Gasteiger partial charge in [-0.3, -0.25) is 0 Å². The van der Waals surface area contributed by atoms with Crippen LogP contribution < -0.4 is 10.5 Å². The third-order valence-electron chi connectivity index (χ3n) is 3.95. The third kappa shape index (κ3) is 4.29. The first-order valence-electron chi connectivity index (χ1n) is 7.82. The summed E-state index contributed by atoms with van der Waals surface area (Å²) in [6.45, 7) is 0.284. The number of nitrogens with two attached hydrogens (primary N) is 1. The van der Waals surface area contributed by atoms with Crippen LogP contribution in [0, 0.1) is 0 Å². The summed E-state index contributed by atoms with van der Waals surface area (Å²) in [4.78, 5) is 4.77. The Bertz CT molecular complexity index is 870. The van der Waals surface area contributed by atoms with Crippen molar-refractivity contribution in [1.82, 2.24) is 4.72 Å². The maximum atomic E-state index is 12.7. The Labute approximate surface area is 155 Å². The van der Waals surface area contributed by atoms with Gasteiger partial charge in [-0.2, -0.15) is 13.2 Å². The summed E-state index contributed by atoms with van der Waals surface area (Å²) in [5.74, 6) is -3.29. The molecule has 2 atom stereocenters. The molecule has 0 aliphatic carbocycles. The molecule has 0 radical (unpaired) electrons. The molecule has 2 aromatic rings. The van der Waals surface area contributed by atoms with Crippen molar-refractivity contribution >= 4 is 22.4 Å². The number of rotatable bonds is 5. The number of anilines is 1. The van der Waals surface area contributed by atoms with E-state index < -0.39 is 29.4 Å². The zero-order valence-electron chi connectivity index (χ0n) is 13.9. The van der Waals surface area contributed by atoms with Crippen LogP contribution in [0.1, 0.15) is 17.5 Å². The number of oxime groups is 1. The molecule has 0 amide bonds. The van der Waals surface area contributed by atoms with Crippen molar-refractivity contribution in [2.75, 3.05) is 5.73 Å². The van der Waals surface area contributed by atoms with Crippen LogP contribution in [-0.2, 0) is 22.4 Å². The predicted molar refractivity (Wildman–Crippen MR) is 93.8 cm³/mol. The largest absolute Gasteiger partial charge is 0.458 e. The van der Waals surface area contributed by atoms with Crippen LogP contribution in [0.2, 0.25) is 0 Å². The van der Waals surface area contributed by atoms with Gasteiger partial charge in [0.25, 0.3) is 0 Å². The second-order valence-corrected chi connectivity index (χ2v) is 7.24. The molecule has 0 bridgehead atoms. The molecular weight excluding hydrogens is 383 g/mol. The molecule has 0 spiro atoms. The van der Waals surface area contributed by atoms with Gasteiger partial charge in [0.2, 0.25) is 0 Å². The minimum atomic E-state index is -4.94. The molecule has 27 heavy (non-hydrogen) atoms. The molecule has 1 heterocycles. The summed E-state index contributed by atoms with van der Waals surface area (Å²) in [7, 11) is -1.43. The average molecular weight is 399 g/mol. The number of nitrogens with zero attached hydrogens (tertiary/aromatic N) is 1. The van der Waals surface area contributed by atoms with E-state index in [-0.39, 0.29) is 12.3 Å². The average Bonchev–Trinajstić information content (AvgIpc) is 3.04. The molecule has 0 fully saturated rings. The van der Waals surface area contributed by atoms with Crippen molar-refractivity contribution in [3.8, 4) is 0 Å². The fourth-order valence-corrected chi connectivity index (χ4v) is 3.22. The normalized spacial score (nSPS) is 20.8. The Balaban J connectivity index is 1.60. The molecule has 6 nitrogen and oxygen atoms in total. The Morgan fingerprint density at radius 3 is 2.37 bits per heavy atom. The topological polar surface area (TPSA) is 96.9 Å². The van der Waals surface area contributed by atoms with Crippen LogP contribution >= 0.6 is 0 Å². The molecule has 2 aromatic carbocycles. The lowest BCUT2D eigenvalue weighted by Crippen LogP contribution is -2.45. The lowest BCUT2D eigenvalue weighted by atomic mass is 10.0. The minimum Gasteiger partial charge on any atom is -0.399 e. The van der Waals surface area contributed by atoms with Gasteiger partial charge in [-0.25, -0.2) is 8.93 Å².